The molecular formula is C17H24N4O2. The lowest BCUT2D eigenvalue weighted by Gasteiger charge is -2.33. The molecule has 1 aromatic rings. The Morgan fingerprint density at radius 2 is 2.30 bits per heavy atom. The number of rotatable bonds is 4. The number of amides is 1. The minimum atomic E-state index is -0.174. The van der Waals surface area contributed by atoms with Gasteiger partial charge in [0.25, 0.3) is 5.56 Å². The largest absolute Gasteiger partial charge is 0.351 e. The normalized spacial score (nSPS) is 21.7. The van der Waals surface area contributed by atoms with Crippen molar-refractivity contribution >= 4 is 11.7 Å². The van der Waals surface area contributed by atoms with Crippen molar-refractivity contribution in [1.82, 2.24) is 15.3 Å². The maximum Gasteiger partial charge on any atom is 0.290 e. The molecule has 6 heteroatoms. The van der Waals surface area contributed by atoms with E-state index in [1.165, 1.54) is 24.6 Å². The van der Waals surface area contributed by atoms with Gasteiger partial charge >= 0.3 is 0 Å². The third-order valence-corrected chi connectivity index (χ3v) is 4.55. The molecule has 1 aromatic heterocycles. The van der Waals surface area contributed by atoms with Crippen molar-refractivity contribution in [3.05, 3.63) is 34.4 Å². The SMILES string of the molecule is O=C(CC1=CCCCC1)N[C@H]1CCCN(c2ncc[nH]c2=O)C1. The van der Waals surface area contributed by atoms with E-state index in [0.29, 0.717) is 18.8 Å². The molecule has 2 aliphatic rings. The molecular weight excluding hydrogens is 292 g/mol. The summed E-state index contributed by atoms with van der Waals surface area (Å²) in [4.78, 5) is 32.9. The molecule has 0 saturated carbocycles. The molecule has 2 N–H and O–H groups in total. The van der Waals surface area contributed by atoms with Gasteiger partial charge in [0.05, 0.1) is 0 Å². The number of carbonyl (C=O) groups is 1. The first-order valence-corrected chi connectivity index (χ1v) is 8.48. The lowest BCUT2D eigenvalue weighted by Crippen LogP contribution is -2.49. The summed E-state index contributed by atoms with van der Waals surface area (Å²) < 4.78 is 0. The van der Waals surface area contributed by atoms with Gasteiger partial charge < -0.3 is 15.2 Å². The summed E-state index contributed by atoms with van der Waals surface area (Å²) in [5.74, 6) is 0.543. The summed E-state index contributed by atoms with van der Waals surface area (Å²) in [5.41, 5.74) is 1.09. The molecule has 6 nitrogen and oxygen atoms in total. The molecule has 0 aromatic carbocycles. The molecule has 0 radical (unpaired) electrons. The van der Waals surface area contributed by atoms with Gasteiger partial charge in [-0.25, -0.2) is 4.98 Å². The zero-order valence-corrected chi connectivity index (χ0v) is 13.4. The van der Waals surface area contributed by atoms with Gasteiger partial charge in [-0.15, -0.1) is 0 Å². The van der Waals surface area contributed by atoms with Crippen molar-refractivity contribution < 1.29 is 4.79 Å². The molecule has 1 saturated heterocycles. The molecule has 23 heavy (non-hydrogen) atoms. The molecule has 2 heterocycles. The van der Waals surface area contributed by atoms with Gasteiger partial charge in [-0.2, -0.15) is 0 Å². The highest BCUT2D eigenvalue weighted by Gasteiger charge is 2.24. The molecule has 0 bridgehead atoms. The van der Waals surface area contributed by atoms with Crippen LogP contribution in [0.4, 0.5) is 5.82 Å². The second kappa shape index (κ2) is 7.44. The number of nitrogens with one attached hydrogen (secondary N) is 2. The number of nitrogens with zero attached hydrogens (tertiary/aromatic N) is 2. The third kappa shape index (κ3) is 4.21. The van der Waals surface area contributed by atoms with E-state index < -0.39 is 0 Å². The summed E-state index contributed by atoms with van der Waals surface area (Å²) in [5, 5.41) is 3.12. The van der Waals surface area contributed by atoms with E-state index in [4.69, 9.17) is 0 Å². The quantitative estimate of drug-likeness (QED) is 0.830. The molecule has 124 valence electrons. The van der Waals surface area contributed by atoms with Crippen molar-refractivity contribution in [3.8, 4) is 0 Å². The van der Waals surface area contributed by atoms with E-state index in [9.17, 15) is 9.59 Å². The summed E-state index contributed by atoms with van der Waals surface area (Å²) in [6.07, 6.45) is 12.3. The van der Waals surface area contributed by atoms with Crippen molar-refractivity contribution in [3.63, 3.8) is 0 Å². The number of aromatic nitrogens is 2. The number of carbonyl (C=O) groups excluding carboxylic acids is 1. The second-order valence-electron chi connectivity index (χ2n) is 6.38. The van der Waals surface area contributed by atoms with Gasteiger partial charge in [-0.05, 0) is 38.5 Å². The number of piperidine rings is 1. The fourth-order valence-electron chi connectivity index (χ4n) is 3.41. The molecule has 1 atom stereocenters. The van der Waals surface area contributed by atoms with E-state index in [-0.39, 0.29) is 17.5 Å². The number of H-pyrrole nitrogens is 1. The van der Waals surface area contributed by atoms with E-state index in [1.54, 1.807) is 6.20 Å². The lowest BCUT2D eigenvalue weighted by atomic mass is 9.96. The van der Waals surface area contributed by atoms with Gasteiger partial charge in [0.15, 0.2) is 5.82 Å². The minimum absolute atomic E-state index is 0.0850. The van der Waals surface area contributed by atoms with E-state index in [1.807, 2.05) is 4.90 Å². The summed E-state index contributed by atoms with van der Waals surface area (Å²) >= 11 is 0. The number of aromatic amines is 1. The van der Waals surface area contributed by atoms with Gasteiger partial charge in [-0.3, -0.25) is 9.59 Å². The predicted octanol–water partition coefficient (Wildman–Crippen LogP) is 1.75. The lowest BCUT2D eigenvalue weighted by molar-refractivity contribution is -0.121. The van der Waals surface area contributed by atoms with E-state index in [2.05, 4.69) is 21.4 Å². The van der Waals surface area contributed by atoms with Crippen LogP contribution in [0.1, 0.15) is 44.9 Å². The minimum Gasteiger partial charge on any atom is -0.351 e. The topological polar surface area (TPSA) is 78.1 Å². The van der Waals surface area contributed by atoms with Gasteiger partial charge in [0, 0.05) is 37.9 Å². The Balaban J connectivity index is 1.56. The van der Waals surface area contributed by atoms with Crippen molar-refractivity contribution in [2.45, 2.75) is 51.0 Å². The highest BCUT2D eigenvalue weighted by Crippen LogP contribution is 2.20. The fraction of sp³-hybridized carbons (Fsp3) is 0.588. The maximum absolute atomic E-state index is 12.2. The summed E-state index contributed by atoms with van der Waals surface area (Å²) in [6, 6.07) is 0.0850. The molecule has 1 fully saturated rings. The van der Waals surface area contributed by atoms with E-state index in [0.717, 1.165) is 32.2 Å². The van der Waals surface area contributed by atoms with Crippen LogP contribution >= 0.6 is 0 Å². The highest BCUT2D eigenvalue weighted by molar-refractivity contribution is 5.79. The van der Waals surface area contributed by atoms with Crippen LogP contribution in [-0.4, -0.2) is 35.0 Å². The number of hydrogen-bond donors (Lipinski definition) is 2. The summed E-state index contributed by atoms with van der Waals surface area (Å²) in [7, 11) is 0. The average molecular weight is 316 g/mol. The zero-order chi connectivity index (χ0) is 16.1. The van der Waals surface area contributed by atoms with Crippen LogP contribution in [0.25, 0.3) is 0 Å². The second-order valence-corrected chi connectivity index (χ2v) is 6.38. The van der Waals surface area contributed by atoms with Crippen LogP contribution < -0.4 is 15.8 Å². The summed E-state index contributed by atoms with van der Waals surface area (Å²) in [6.45, 7) is 1.45. The highest BCUT2D eigenvalue weighted by atomic mass is 16.1. The van der Waals surface area contributed by atoms with Gasteiger partial charge in [0.1, 0.15) is 0 Å². The zero-order valence-electron chi connectivity index (χ0n) is 13.4. The fourth-order valence-corrected chi connectivity index (χ4v) is 3.41. The molecule has 0 spiro atoms. The molecule has 1 aliphatic heterocycles. The van der Waals surface area contributed by atoms with Crippen molar-refractivity contribution in [2.75, 3.05) is 18.0 Å². The van der Waals surface area contributed by atoms with Crippen LogP contribution in [0.2, 0.25) is 0 Å². The van der Waals surface area contributed by atoms with E-state index >= 15 is 0 Å². The molecule has 0 unspecified atom stereocenters. The Morgan fingerprint density at radius 1 is 1.39 bits per heavy atom. The van der Waals surface area contributed by atoms with Crippen LogP contribution in [0, 0.1) is 0 Å². The predicted molar refractivity (Wildman–Crippen MR) is 89.4 cm³/mol. The Labute approximate surface area is 136 Å². The number of anilines is 1. The van der Waals surface area contributed by atoms with Gasteiger partial charge in [0.2, 0.25) is 5.91 Å². The third-order valence-electron chi connectivity index (χ3n) is 4.55. The monoisotopic (exact) mass is 316 g/mol. The smallest absolute Gasteiger partial charge is 0.290 e. The Bertz CT molecular complexity index is 637. The first-order valence-electron chi connectivity index (χ1n) is 8.48. The number of allylic oxidation sites excluding steroid dienone is 1. The maximum atomic E-state index is 12.2. The average Bonchev–Trinajstić information content (AvgIpc) is 2.56. The first kappa shape index (κ1) is 15.8. The Hall–Kier alpha value is -2.11. The van der Waals surface area contributed by atoms with Crippen LogP contribution in [0.3, 0.4) is 0 Å². The van der Waals surface area contributed by atoms with Gasteiger partial charge in [-0.1, -0.05) is 11.6 Å². The molecule has 1 amide bonds. The van der Waals surface area contributed by atoms with Crippen LogP contribution in [-0.2, 0) is 4.79 Å². The molecule has 1 aliphatic carbocycles. The van der Waals surface area contributed by atoms with Crippen molar-refractivity contribution in [2.24, 2.45) is 0 Å². The number of hydrogen-bond acceptors (Lipinski definition) is 4. The van der Waals surface area contributed by atoms with Crippen LogP contribution in [0.15, 0.2) is 28.8 Å². The standard InChI is InChI=1S/C17H24N4O2/c22-15(11-13-5-2-1-3-6-13)20-14-7-4-10-21(12-14)16-17(23)19-9-8-18-16/h5,8-9,14H,1-4,6-7,10-12H2,(H,19,23)(H,20,22)/t14-/m0/s1. The van der Waals surface area contributed by atoms with Crippen LogP contribution in [0.5, 0.6) is 0 Å². The Kier molecular flexibility index (Phi) is 5.10. The first-order chi connectivity index (χ1) is 11.2. The molecule has 3 rings (SSSR count). The Morgan fingerprint density at radius 3 is 3.09 bits per heavy atom. The van der Waals surface area contributed by atoms with Crippen molar-refractivity contribution in [1.29, 1.82) is 0 Å².